The lowest BCUT2D eigenvalue weighted by atomic mass is 9.86. The largest absolute Gasteiger partial charge is 0.481 e. The van der Waals surface area contributed by atoms with Gasteiger partial charge < -0.3 is 15.2 Å². The minimum Gasteiger partial charge on any atom is -0.481 e. The minimum absolute atomic E-state index is 0.0362. The zero-order valence-electron chi connectivity index (χ0n) is 13.2. The molecule has 0 aliphatic carbocycles. The first kappa shape index (κ1) is 16.2. The van der Waals surface area contributed by atoms with Crippen LogP contribution in [0.3, 0.4) is 0 Å². The summed E-state index contributed by atoms with van der Waals surface area (Å²) < 4.78 is 5.71. The molecule has 0 aromatic heterocycles. The highest BCUT2D eigenvalue weighted by Crippen LogP contribution is 2.37. The van der Waals surface area contributed by atoms with Gasteiger partial charge in [-0.3, -0.25) is 9.59 Å². The molecule has 2 aromatic rings. The maximum absolute atomic E-state index is 12.0. The predicted molar refractivity (Wildman–Crippen MR) is 89.9 cm³/mol. The van der Waals surface area contributed by atoms with Gasteiger partial charge in [-0.2, -0.15) is 0 Å². The Morgan fingerprint density at radius 3 is 2.62 bits per heavy atom. The summed E-state index contributed by atoms with van der Waals surface area (Å²) in [6, 6.07) is 15.8. The number of nitrogens with one attached hydrogen (secondary N) is 1. The number of carbonyl (C=O) groups excluding carboxylic acids is 1. The molecule has 1 aliphatic heterocycles. The Morgan fingerprint density at radius 2 is 1.88 bits per heavy atom. The molecule has 2 N–H and O–H groups in total. The standard InChI is InChI=1S/C19H19NO4/c21-17(9-10-18(22)23)20-16-8-4-7-14-11-24-12-15(19(14)16)13-5-2-1-3-6-13/h1-8,15H,9-12H2,(H,20,21)(H,22,23). The van der Waals surface area contributed by atoms with E-state index in [0.29, 0.717) is 13.2 Å². The number of hydrogen-bond donors (Lipinski definition) is 2. The van der Waals surface area contributed by atoms with Crippen LogP contribution in [0, 0.1) is 0 Å². The summed E-state index contributed by atoms with van der Waals surface area (Å²) in [7, 11) is 0. The number of benzene rings is 2. The van der Waals surface area contributed by atoms with Crippen molar-refractivity contribution in [1.82, 2.24) is 0 Å². The van der Waals surface area contributed by atoms with Crippen LogP contribution in [0.1, 0.15) is 35.4 Å². The molecule has 3 rings (SSSR count). The maximum atomic E-state index is 12.0. The minimum atomic E-state index is -0.976. The van der Waals surface area contributed by atoms with Crippen LogP contribution < -0.4 is 5.32 Å². The molecule has 1 aliphatic rings. The number of carbonyl (C=O) groups is 2. The van der Waals surface area contributed by atoms with E-state index in [1.165, 1.54) is 0 Å². The molecule has 124 valence electrons. The molecule has 0 spiro atoms. The first-order chi connectivity index (χ1) is 11.6. The van der Waals surface area contributed by atoms with Crippen LogP contribution in [0.15, 0.2) is 48.5 Å². The zero-order chi connectivity index (χ0) is 16.9. The molecular formula is C19H19NO4. The maximum Gasteiger partial charge on any atom is 0.303 e. The lowest BCUT2D eigenvalue weighted by Gasteiger charge is -2.28. The number of carboxylic acids is 1. The number of carboxylic acid groups (broad SMARTS) is 1. The molecular weight excluding hydrogens is 306 g/mol. The first-order valence-corrected chi connectivity index (χ1v) is 7.91. The normalized spacial score (nSPS) is 16.2. The van der Waals surface area contributed by atoms with Gasteiger partial charge in [0.25, 0.3) is 0 Å². The van der Waals surface area contributed by atoms with E-state index in [2.05, 4.69) is 5.32 Å². The van der Waals surface area contributed by atoms with E-state index in [0.717, 1.165) is 22.4 Å². The van der Waals surface area contributed by atoms with E-state index in [-0.39, 0.29) is 24.7 Å². The summed E-state index contributed by atoms with van der Waals surface area (Å²) in [6.45, 7) is 1.07. The summed E-state index contributed by atoms with van der Waals surface area (Å²) in [6.07, 6.45) is -0.211. The number of anilines is 1. The average Bonchev–Trinajstić information content (AvgIpc) is 2.60. The second kappa shape index (κ2) is 7.27. The molecule has 2 aromatic carbocycles. The molecule has 5 nitrogen and oxygen atoms in total. The summed E-state index contributed by atoms with van der Waals surface area (Å²) in [5.74, 6) is -1.22. The second-order valence-corrected chi connectivity index (χ2v) is 5.80. The van der Waals surface area contributed by atoms with E-state index in [9.17, 15) is 9.59 Å². The molecule has 0 fully saturated rings. The van der Waals surface area contributed by atoms with Gasteiger partial charge in [0.1, 0.15) is 0 Å². The molecule has 24 heavy (non-hydrogen) atoms. The smallest absolute Gasteiger partial charge is 0.303 e. The van der Waals surface area contributed by atoms with Gasteiger partial charge in [0.15, 0.2) is 0 Å². The fraction of sp³-hybridized carbons (Fsp3) is 0.263. The van der Waals surface area contributed by atoms with Gasteiger partial charge in [0.05, 0.1) is 19.6 Å². The van der Waals surface area contributed by atoms with Crippen molar-refractivity contribution >= 4 is 17.6 Å². The highest BCUT2D eigenvalue weighted by Gasteiger charge is 2.25. The van der Waals surface area contributed by atoms with E-state index in [4.69, 9.17) is 9.84 Å². The number of rotatable bonds is 5. The Bertz CT molecular complexity index is 742. The monoisotopic (exact) mass is 325 g/mol. The van der Waals surface area contributed by atoms with Crippen LogP contribution in [0.2, 0.25) is 0 Å². The highest BCUT2D eigenvalue weighted by atomic mass is 16.5. The summed E-state index contributed by atoms with van der Waals surface area (Å²) in [5, 5.41) is 11.6. The third kappa shape index (κ3) is 3.63. The number of amides is 1. The molecule has 0 bridgehead atoms. The molecule has 5 heteroatoms. The lowest BCUT2D eigenvalue weighted by molar-refractivity contribution is -0.138. The van der Waals surface area contributed by atoms with Crippen LogP contribution in [0.25, 0.3) is 0 Å². The molecule has 0 saturated heterocycles. The highest BCUT2D eigenvalue weighted by molar-refractivity contribution is 5.93. The third-order valence-corrected chi connectivity index (χ3v) is 4.13. The van der Waals surface area contributed by atoms with Gasteiger partial charge >= 0.3 is 5.97 Å². The second-order valence-electron chi connectivity index (χ2n) is 5.80. The van der Waals surface area contributed by atoms with E-state index in [1.807, 2.05) is 48.5 Å². The first-order valence-electron chi connectivity index (χ1n) is 7.91. The van der Waals surface area contributed by atoms with Gasteiger partial charge in [0.2, 0.25) is 5.91 Å². The van der Waals surface area contributed by atoms with Crippen LogP contribution in [-0.2, 0) is 20.9 Å². The number of fused-ring (bicyclic) bond motifs is 1. The van der Waals surface area contributed by atoms with E-state index in [1.54, 1.807) is 0 Å². The van der Waals surface area contributed by atoms with E-state index < -0.39 is 5.97 Å². The average molecular weight is 325 g/mol. The van der Waals surface area contributed by atoms with Crippen LogP contribution in [-0.4, -0.2) is 23.6 Å². The van der Waals surface area contributed by atoms with Gasteiger partial charge in [-0.05, 0) is 22.8 Å². The third-order valence-electron chi connectivity index (χ3n) is 4.13. The zero-order valence-corrected chi connectivity index (χ0v) is 13.2. The SMILES string of the molecule is O=C(O)CCC(=O)Nc1cccc2c1C(c1ccccc1)COC2. The number of ether oxygens (including phenoxy) is 1. The molecule has 1 heterocycles. The van der Waals surface area contributed by atoms with Crippen LogP contribution >= 0.6 is 0 Å². The van der Waals surface area contributed by atoms with Gasteiger partial charge in [-0.1, -0.05) is 42.5 Å². The Labute approximate surface area is 140 Å². The molecule has 0 saturated carbocycles. The van der Waals surface area contributed by atoms with Crippen molar-refractivity contribution in [3.05, 3.63) is 65.2 Å². The molecule has 1 unspecified atom stereocenters. The van der Waals surface area contributed by atoms with Crippen molar-refractivity contribution in [2.75, 3.05) is 11.9 Å². The summed E-state index contributed by atoms with van der Waals surface area (Å²) >= 11 is 0. The van der Waals surface area contributed by atoms with Crippen molar-refractivity contribution in [3.8, 4) is 0 Å². The number of hydrogen-bond acceptors (Lipinski definition) is 3. The van der Waals surface area contributed by atoms with Gasteiger partial charge in [0, 0.05) is 18.0 Å². The Hall–Kier alpha value is -2.66. The molecule has 1 amide bonds. The Kier molecular flexibility index (Phi) is 4.91. The fourth-order valence-corrected chi connectivity index (χ4v) is 3.01. The van der Waals surface area contributed by atoms with Crippen LogP contribution in [0.4, 0.5) is 5.69 Å². The lowest BCUT2D eigenvalue weighted by Crippen LogP contribution is -2.22. The van der Waals surface area contributed by atoms with Crippen molar-refractivity contribution in [1.29, 1.82) is 0 Å². The van der Waals surface area contributed by atoms with Crippen molar-refractivity contribution in [2.45, 2.75) is 25.4 Å². The van der Waals surface area contributed by atoms with E-state index >= 15 is 0 Å². The topological polar surface area (TPSA) is 75.6 Å². The molecule has 1 atom stereocenters. The van der Waals surface area contributed by atoms with Crippen molar-refractivity contribution in [2.24, 2.45) is 0 Å². The van der Waals surface area contributed by atoms with Gasteiger partial charge in [-0.25, -0.2) is 0 Å². The van der Waals surface area contributed by atoms with Crippen molar-refractivity contribution < 1.29 is 19.4 Å². The summed E-state index contributed by atoms with van der Waals surface area (Å²) in [4.78, 5) is 22.7. The molecule has 0 radical (unpaired) electrons. The van der Waals surface area contributed by atoms with Crippen molar-refractivity contribution in [3.63, 3.8) is 0 Å². The predicted octanol–water partition coefficient (Wildman–Crippen LogP) is 3.15. The fourth-order valence-electron chi connectivity index (χ4n) is 3.01. The Morgan fingerprint density at radius 1 is 1.08 bits per heavy atom. The Balaban J connectivity index is 1.89. The quantitative estimate of drug-likeness (QED) is 0.885. The van der Waals surface area contributed by atoms with Gasteiger partial charge in [-0.15, -0.1) is 0 Å². The number of aliphatic carboxylic acids is 1. The van der Waals surface area contributed by atoms with Crippen LogP contribution in [0.5, 0.6) is 0 Å². The summed E-state index contributed by atoms with van der Waals surface area (Å²) in [5.41, 5.74) is 3.97.